The molecule has 0 rings (SSSR count). The van der Waals surface area contributed by atoms with Crippen molar-refractivity contribution < 1.29 is 0 Å². The van der Waals surface area contributed by atoms with E-state index < -0.39 is 0 Å². The summed E-state index contributed by atoms with van der Waals surface area (Å²) in [6.07, 6.45) is 0. The molecule has 0 aliphatic heterocycles. The van der Waals surface area contributed by atoms with Gasteiger partial charge in [-0.05, 0) is 90.1 Å². The van der Waals surface area contributed by atoms with E-state index in [9.17, 15) is 0 Å². The van der Waals surface area contributed by atoms with Crippen molar-refractivity contribution >= 4 is 0 Å². The lowest BCUT2D eigenvalue weighted by Crippen LogP contribution is -2.49. The minimum absolute atomic E-state index is 0. The van der Waals surface area contributed by atoms with Crippen molar-refractivity contribution in [2.24, 2.45) is 0 Å². The fraction of sp³-hybridized carbons (Fsp3) is 1.00. The van der Waals surface area contributed by atoms with Crippen LogP contribution in [0.1, 0.15) is 90.5 Å². The van der Waals surface area contributed by atoms with Gasteiger partial charge in [0.15, 0.2) is 0 Å². The van der Waals surface area contributed by atoms with Crippen LogP contribution in [0.25, 0.3) is 0 Å². The Kier molecular flexibility index (Phi) is 9.71. The average molecular weight is 289 g/mol. The molecular formula is C18H44N2. The highest BCUT2D eigenvalue weighted by Gasteiger charge is 2.26. The third kappa shape index (κ3) is 16.0. The van der Waals surface area contributed by atoms with Crippen LogP contribution in [-0.4, -0.2) is 34.1 Å². The molecule has 0 aliphatic carbocycles. The van der Waals surface area contributed by atoms with Gasteiger partial charge in [0.1, 0.15) is 0 Å². The molecule has 0 amide bonds. The summed E-state index contributed by atoms with van der Waals surface area (Å²) in [6, 6.07) is 0. The minimum Gasteiger partial charge on any atom is -0.307 e. The van der Waals surface area contributed by atoms with E-state index in [0.29, 0.717) is 0 Å². The van der Waals surface area contributed by atoms with E-state index in [4.69, 9.17) is 0 Å². The largest absolute Gasteiger partial charge is 0.307 e. The van der Waals surface area contributed by atoms with Crippen molar-refractivity contribution in [3.8, 4) is 0 Å². The van der Waals surface area contributed by atoms with Crippen LogP contribution in [0.3, 0.4) is 0 Å². The average Bonchev–Trinajstić information content (AvgIpc) is 1.92. The maximum Gasteiger partial charge on any atom is 0.0127 e. The van der Waals surface area contributed by atoms with E-state index in [0.717, 1.165) is 0 Å². The van der Waals surface area contributed by atoms with E-state index in [1.54, 1.807) is 0 Å². The Hall–Kier alpha value is -0.0800. The molecule has 2 nitrogen and oxygen atoms in total. The fourth-order valence-electron chi connectivity index (χ4n) is 2.13. The van der Waals surface area contributed by atoms with E-state index in [1.807, 2.05) is 0 Å². The predicted octanol–water partition coefficient (Wildman–Crippen LogP) is 5.32. The number of rotatable bonds is 0. The summed E-state index contributed by atoms with van der Waals surface area (Å²) in [5, 5.41) is 3.46. The third-order valence-corrected chi connectivity index (χ3v) is 2.76. The molecule has 2 heteroatoms. The maximum atomic E-state index is 3.46. The van der Waals surface area contributed by atoms with Crippen LogP contribution >= 0.6 is 0 Å². The molecule has 0 unspecified atom stereocenters. The number of nitrogens with zero attached hydrogens (tertiary/aromatic N) is 1. The van der Waals surface area contributed by atoms with Crippen molar-refractivity contribution in [3.05, 3.63) is 0 Å². The van der Waals surface area contributed by atoms with Gasteiger partial charge in [-0.1, -0.05) is 7.43 Å². The second-order valence-electron chi connectivity index (χ2n) is 9.53. The monoisotopic (exact) mass is 288 g/mol. The molecule has 0 aromatic rings. The van der Waals surface area contributed by atoms with Crippen LogP contribution in [0, 0.1) is 0 Å². The van der Waals surface area contributed by atoms with Crippen LogP contribution in [0.15, 0.2) is 0 Å². The van der Waals surface area contributed by atoms with Crippen LogP contribution in [0.5, 0.6) is 0 Å². The highest BCUT2D eigenvalue weighted by atomic mass is 15.2. The molecule has 0 aliphatic rings. The van der Waals surface area contributed by atoms with Crippen molar-refractivity contribution in [2.45, 2.75) is 113 Å². The van der Waals surface area contributed by atoms with Gasteiger partial charge in [0.2, 0.25) is 0 Å². The molecule has 0 saturated heterocycles. The SMILES string of the molecule is C.CC(C)(C)NC(C)(C)C.CN(C(C)(C)C)C(C)(C)C. The van der Waals surface area contributed by atoms with Gasteiger partial charge in [0, 0.05) is 22.2 Å². The normalized spacial score (nSPS) is 13.5. The van der Waals surface area contributed by atoms with Gasteiger partial charge in [-0.2, -0.15) is 0 Å². The first-order valence-electron chi connectivity index (χ1n) is 7.39. The second-order valence-corrected chi connectivity index (χ2v) is 9.53. The fourth-order valence-corrected chi connectivity index (χ4v) is 2.13. The summed E-state index contributed by atoms with van der Waals surface area (Å²) in [5.41, 5.74) is 1.02. The Morgan fingerprint density at radius 2 is 0.750 bits per heavy atom. The summed E-state index contributed by atoms with van der Waals surface area (Å²) in [7, 11) is 2.17. The zero-order valence-electron chi connectivity index (χ0n) is 15.9. The van der Waals surface area contributed by atoms with Crippen LogP contribution in [-0.2, 0) is 0 Å². The van der Waals surface area contributed by atoms with Crippen molar-refractivity contribution in [1.82, 2.24) is 10.2 Å². The second kappa shape index (κ2) is 7.79. The molecule has 0 aromatic heterocycles. The summed E-state index contributed by atoms with van der Waals surface area (Å²) in [4.78, 5) is 2.38. The zero-order chi connectivity index (χ0) is 16.3. The Morgan fingerprint density at radius 1 is 0.550 bits per heavy atom. The molecule has 126 valence electrons. The Balaban J connectivity index is -0.000000277. The summed E-state index contributed by atoms with van der Waals surface area (Å²) in [6.45, 7) is 26.5. The first-order chi connectivity index (χ1) is 7.86. The Bertz CT molecular complexity index is 215. The molecule has 20 heavy (non-hydrogen) atoms. The number of hydrogen-bond donors (Lipinski definition) is 1. The highest BCUT2D eigenvalue weighted by molar-refractivity contribution is 4.83. The molecule has 0 bridgehead atoms. The highest BCUT2D eigenvalue weighted by Crippen LogP contribution is 2.21. The van der Waals surface area contributed by atoms with Crippen LogP contribution in [0.2, 0.25) is 0 Å². The summed E-state index contributed by atoms with van der Waals surface area (Å²) < 4.78 is 0. The first kappa shape index (κ1) is 24.9. The lowest BCUT2D eigenvalue weighted by Gasteiger charge is -2.42. The van der Waals surface area contributed by atoms with Gasteiger partial charge in [-0.25, -0.2) is 0 Å². The van der Waals surface area contributed by atoms with Gasteiger partial charge in [0.25, 0.3) is 0 Å². The Morgan fingerprint density at radius 3 is 0.750 bits per heavy atom. The topological polar surface area (TPSA) is 15.3 Å². The van der Waals surface area contributed by atoms with E-state index in [2.05, 4.69) is 100 Å². The Labute approximate surface area is 130 Å². The maximum absolute atomic E-state index is 3.46. The molecule has 1 N–H and O–H groups in total. The van der Waals surface area contributed by atoms with E-state index >= 15 is 0 Å². The van der Waals surface area contributed by atoms with Crippen LogP contribution < -0.4 is 5.32 Å². The minimum atomic E-state index is 0. The first-order valence-corrected chi connectivity index (χ1v) is 7.39. The van der Waals surface area contributed by atoms with Crippen molar-refractivity contribution in [1.29, 1.82) is 0 Å². The van der Waals surface area contributed by atoms with E-state index in [-0.39, 0.29) is 29.6 Å². The molecule has 0 radical (unpaired) electrons. The molecule has 0 aromatic carbocycles. The smallest absolute Gasteiger partial charge is 0.0127 e. The van der Waals surface area contributed by atoms with Gasteiger partial charge < -0.3 is 5.32 Å². The van der Waals surface area contributed by atoms with Gasteiger partial charge >= 0.3 is 0 Å². The predicted molar refractivity (Wildman–Crippen MR) is 96.6 cm³/mol. The van der Waals surface area contributed by atoms with Crippen LogP contribution in [0.4, 0.5) is 0 Å². The lowest BCUT2D eigenvalue weighted by molar-refractivity contribution is 0.0700. The number of nitrogens with one attached hydrogen (secondary N) is 1. The molecular weight excluding hydrogens is 244 g/mol. The van der Waals surface area contributed by atoms with Crippen molar-refractivity contribution in [2.75, 3.05) is 7.05 Å². The molecule has 0 heterocycles. The third-order valence-electron chi connectivity index (χ3n) is 2.76. The molecule has 0 fully saturated rings. The summed E-state index contributed by atoms with van der Waals surface area (Å²) >= 11 is 0. The molecule has 0 spiro atoms. The summed E-state index contributed by atoms with van der Waals surface area (Å²) in [5.74, 6) is 0. The standard InChI is InChI=1S/C9H21N.C8H19N.CH4/c1-8(2,3)10(7)9(4,5)6;1-7(2,3)9-8(4,5)6;/h1-7H3;9H,1-6H3;1H4. The van der Waals surface area contributed by atoms with Gasteiger partial charge in [-0.3, -0.25) is 4.90 Å². The molecule has 0 saturated carbocycles. The van der Waals surface area contributed by atoms with E-state index in [1.165, 1.54) is 0 Å². The number of hydrogen-bond acceptors (Lipinski definition) is 2. The van der Waals surface area contributed by atoms with Gasteiger partial charge in [0.05, 0.1) is 0 Å². The van der Waals surface area contributed by atoms with Crippen molar-refractivity contribution in [3.63, 3.8) is 0 Å². The zero-order valence-corrected chi connectivity index (χ0v) is 15.9. The lowest BCUT2D eigenvalue weighted by atomic mass is 9.98. The molecule has 0 atom stereocenters. The quantitative estimate of drug-likeness (QED) is 0.648. The van der Waals surface area contributed by atoms with Gasteiger partial charge in [-0.15, -0.1) is 0 Å².